The van der Waals surface area contributed by atoms with Gasteiger partial charge in [0.05, 0.1) is 22.2 Å². The van der Waals surface area contributed by atoms with Gasteiger partial charge in [-0.2, -0.15) is 5.26 Å². The molecule has 0 bridgehead atoms. The summed E-state index contributed by atoms with van der Waals surface area (Å²) in [5.74, 6) is -0.793. The number of halogens is 2. The van der Waals surface area contributed by atoms with Crippen molar-refractivity contribution in [2.24, 2.45) is 0 Å². The maximum Gasteiger partial charge on any atom is 0.271 e. The first-order chi connectivity index (χ1) is 15.1. The van der Waals surface area contributed by atoms with Gasteiger partial charge in [0.25, 0.3) is 5.56 Å². The van der Waals surface area contributed by atoms with E-state index in [1.807, 2.05) is 6.07 Å². The zero-order chi connectivity index (χ0) is 24.0. The van der Waals surface area contributed by atoms with Crippen molar-refractivity contribution in [3.8, 4) is 17.7 Å². The number of nitrogens with zero attached hydrogens (tertiary/aromatic N) is 2. The normalized spacial score (nSPS) is 10.9. The van der Waals surface area contributed by atoms with Crippen molar-refractivity contribution in [3.05, 3.63) is 54.8 Å². The zero-order valence-electron chi connectivity index (χ0n) is 18.8. The lowest BCUT2D eigenvalue weighted by atomic mass is 9.97. The van der Waals surface area contributed by atoms with Crippen LogP contribution in [0.5, 0.6) is 11.6 Å². The first kappa shape index (κ1) is 25.8. The highest BCUT2D eigenvalue weighted by Crippen LogP contribution is 2.36. The molecular weight excluding hydrogens is 451 g/mol. The molecule has 172 valence electrons. The van der Waals surface area contributed by atoms with Crippen LogP contribution in [-0.4, -0.2) is 22.1 Å². The highest BCUT2D eigenvalue weighted by Gasteiger charge is 2.27. The number of unbranched alkanes of at least 4 members (excludes halogenated alkanes) is 4. The van der Waals surface area contributed by atoms with Gasteiger partial charge in [-0.15, -0.1) is 0 Å². The van der Waals surface area contributed by atoms with Crippen LogP contribution in [-0.2, 0) is 0 Å². The van der Waals surface area contributed by atoms with Gasteiger partial charge in [-0.3, -0.25) is 14.2 Å². The van der Waals surface area contributed by atoms with Crippen LogP contribution in [0.3, 0.4) is 0 Å². The molecule has 1 N–H and O–H groups in total. The Kier molecular flexibility index (Phi) is 9.18. The quantitative estimate of drug-likeness (QED) is 0.324. The number of benzene rings is 1. The SMILES string of the molecule is CCCCCCCOc1c(Cl)cc(C(=O)c2c(C)c(C#N)c(=O)n(C(C)C)c2O)cc1Cl. The van der Waals surface area contributed by atoms with E-state index in [0.717, 1.165) is 30.3 Å². The number of ketones is 1. The number of hydrogen-bond acceptors (Lipinski definition) is 5. The molecule has 0 saturated carbocycles. The van der Waals surface area contributed by atoms with Crippen LogP contribution in [0, 0.1) is 18.3 Å². The molecule has 0 saturated heterocycles. The molecule has 0 aliphatic carbocycles. The molecule has 6 nitrogen and oxygen atoms in total. The molecule has 2 rings (SSSR count). The monoisotopic (exact) mass is 478 g/mol. The molecule has 0 atom stereocenters. The van der Waals surface area contributed by atoms with Gasteiger partial charge in [0.2, 0.25) is 5.88 Å². The smallest absolute Gasteiger partial charge is 0.271 e. The lowest BCUT2D eigenvalue weighted by Crippen LogP contribution is -2.28. The Morgan fingerprint density at radius 2 is 1.78 bits per heavy atom. The average molecular weight is 479 g/mol. The number of aromatic nitrogens is 1. The van der Waals surface area contributed by atoms with Crippen molar-refractivity contribution in [1.82, 2.24) is 4.57 Å². The Hall–Kier alpha value is -2.49. The van der Waals surface area contributed by atoms with Gasteiger partial charge in [-0.1, -0.05) is 55.8 Å². The van der Waals surface area contributed by atoms with E-state index in [9.17, 15) is 20.0 Å². The summed E-state index contributed by atoms with van der Waals surface area (Å²) in [6, 6.07) is 4.21. The Morgan fingerprint density at radius 1 is 1.19 bits per heavy atom. The molecule has 0 spiro atoms. The molecule has 0 radical (unpaired) electrons. The third-order valence-electron chi connectivity index (χ3n) is 5.24. The van der Waals surface area contributed by atoms with Crippen LogP contribution >= 0.6 is 23.2 Å². The maximum absolute atomic E-state index is 13.3. The van der Waals surface area contributed by atoms with Crippen molar-refractivity contribution in [1.29, 1.82) is 5.26 Å². The molecule has 2 aromatic rings. The number of carbonyl (C=O) groups is 1. The van der Waals surface area contributed by atoms with Gasteiger partial charge < -0.3 is 9.84 Å². The highest BCUT2D eigenvalue weighted by atomic mass is 35.5. The molecule has 0 fully saturated rings. The van der Waals surface area contributed by atoms with Gasteiger partial charge in [0.15, 0.2) is 11.5 Å². The largest absolute Gasteiger partial charge is 0.494 e. The summed E-state index contributed by atoms with van der Waals surface area (Å²) in [6.07, 6.45) is 5.40. The van der Waals surface area contributed by atoms with Crippen LogP contribution in [0.4, 0.5) is 0 Å². The van der Waals surface area contributed by atoms with Crippen LogP contribution in [0.15, 0.2) is 16.9 Å². The third kappa shape index (κ3) is 5.46. The first-order valence-electron chi connectivity index (χ1n) is 10.7. The Bertz CT molecular complexity index is 1080. The van der Waals surface area contributed by atoms with Gasteiger partial charge in [0.1, 0.15) is 11.6 Å². The topological polar surface area (TPSA) is 92.3 Å². The second-order valence-corrected chi connectivity index (χ2v) is 8.75. The number of aromatic hydroxyl groups is 1. The van der Waals surface area contributed by atoms with E-state index in [2.05, 4.69) is 6.92 Å². The highest BCUT2D eigenvalue weighted by molar-refractivity contribution is 6.38. The predicted molar refractivity (Wildman–Crippen MR) is 126 cm³/mol. The van der Waals surface area contributed by atoms with Gasteiger partial charge >= 0.3 is 0 Å². The minimum atomic E-state index is -0.646. The minimum absolute atomic E-state index is 0.108. The Balaban J connectivity index is 2.40. The molecular formula is C24H28Cl2N2O4. The third-order valence-corrected chi connectivity index (χ3v) is 5.81. The molecule has 0 aliphatic heterocycles. The van der Waals surface area contributed by atoms with E-state index >= 15 is 0 Å². The second-order valence-electron chi connectivity index (χ2n) is 7.94. The van der Waals surface area contributed by atoms with Gasteiger partial charge in [-0.25, -0.2) is 0 Å². The maximum atomic E-state index is 13.3. The summed E-state index contributed by atoms with van der Waals surface area (Å²) in [4.78, 5) is 25.8. The zero-order valence-corrected chi connectivity index (χ0v) is 20.3. The summed E-state index contributed by atoms with van der Waals surface area (Å²) in [5.41, 5.74) is -0.748. The molecule has 0 aliphatic rings. The number of nitriles is 1. The second kappa shape index (κ2) is 11.4. The predicted octanol–water partition coefficient (Wildman–Crippen LogP) is 6.20. The first-order valence-corrected chi connectivity index (χ1v) is 11.5. The summed E-state index contributed by atoms with van der Waals surface area (Å²) >= 11 is 12.7. The van der Waals surface area contributed by atoms with Crippen molar-refractivity contribution in [2.45, 2.75) is 65.8 Å². The van der Waals surface area contributed by atoms with Crippen LogP contribution in [0.25, 0.3) is 0 Å². The van der Waals surface area contributed by atoms with Crippen molar-refractivity contribution in [2.75, 3.05) is 6.61 Å². The number of hydrogen-bond donors (Lipinski definition) is 1. The summed E-state index contributed by atoms with van der Waals surface area (Å²) in [7, 11) is 0. The summed E-state index contributed by atoms with van der Waals surface area (Å²) < 4.78 is 6.75. The lowest BCUT2D eigenvalue weighted by Gasteiger charge is -2.18. The molecule has 8 heteroatoms. The fourth-order valence-electron chi connectivity index (χ4n) is 3.53. The number of pyridine rings is 1. The molecule has 1 aromatic carbocycles. The van der Waals surface area contributed by atoms with E-state index < -0.39 is 23.3 Å². The van der Waals surface area contributed by atoms with Crippen LogP contribution < -0.4 is 10.3 Å². The fraction of sp³-hybridized carbons (Fsp3) is 0.458. The molecule has 32 heavy (non-hydrogen) atoms. The summed E-state index contributed by atoms with van der Waals surface area (Å²) in [6.45, 7) is 7.42. The van der Waals surface area contributed by atoms with E-state index in [0.29, 0.717) is 12.4 Å². The van der Waals surface area contributed by atoms with Crippen molar-refractivity contribution in [3.63, 3.8) is 0 Å². The Labute approximate surface area is 198 Å². The summed E-state index contributed by atoms with van der Waals surface area (Å²) in [5, 5.41) is 20.5. The van der Waals surface area contributed by atoms with Gasteiger partial charge in [-0.05, 0) is 44.9 Å². The van der Waals surface area contributed by atoms with E-state index in [1.165, 1.54) is 25.5 Å². The van der Waals surface area contributed by atoms with E-state index in [-0.39, 0.29) is 32.3 Å². The fourth-order valence-corrected chi connectivity index (χ4v) is 4.12. The van der Waals surface area contributed by atoms with Crippen molar-refractivity contribution >= 4 is 29.0 Å². The molecule has 0 unspecified atom stereocenters. The van der Waals surface area contributed by atoms with E-state index in [4.69, 9.17) is 27.9 Å². The Morgan fingerprint density at radius 3 is 2.31 bits per heavy atom. The standard InChI is InChI=1S/C24H28Cl2N2O4/c1-5-6-7-8-9-10-32-22-18(25)11-16(12-19(22)26)21(29)20-15(4)17(13-27)23(30)28(14(2)3)24(20)31/h11-12,14,31H,5-10H2,1-4H3. The lowest BCUT2D eigenvalue weighted by molar-refractivity contribution is 0.103. The number of rotatable bonds is 10. The van der Waals surface area contributed by atoms with Crippen LogP contribution in [0.1, 0.15) is 86.0 Å². The number of carbonyl (C=O) groups excluding carboxylic acids is 1. The van der Waals surface area contributed by atoms with Crippen LogP contribution in [0.2, 0.25) is 10.0 Å². The minimum Gasteiger partial charge on any atom is -0.494 e. The molecule has 1 aromatic heterocycles. The van der Waals surface area contributed by atoms with E-state index in [1.54, 1.807) is 13.8 Å². The molecule has 0 amide bonds. The average Bonchev–Trinajstić information content (AvgIpc) is 2.71. The number of ether oxygens (including phenoxy) is 1. The van der Waals surface area contributed by atoms with Crippen molar-refractivity contribution < 1.29 is 14.6 Å². The van der Waals surface area contributed by atoms with Gasteiger partial charge in [0, 0.05) is 11.6 Å². The molecule has 1 heterocycles.